The van der Waals surface area contributed by atoms with Crippen molar-refractivity contribution in [1.29, 1.82) is 0 Å². The molecule has 6 nitrogen and oxygen atoms in total. The van der Waals surface area contributed by atoms with Gasteiger partial charge in [-0.25, -0.2) is 0 Å². The van der Waals surface area contributed by atoms with E-state index in [1.54, 1.807) is 0 Å². The van der Waals surface area contributed by atoms with Crippen LogP contribution in [0.4, 0.5) is 0 Å². The number of esters is 3. The zero-order valence-corrected chi connectivity index (χ0v) is 49.6. The van der Waals surface area contributed by atoms with Crippen LogP contribution in [0.15, 0.2) is 0 Å². The second-order valence-corrected chi connectivity index (χ2v) is 23.5. The van der Waals surface area contributed by atoms with Gasteiger partial charge in [0.25, 0.3) is 0 Å². The molecule has 0 N–H and O–H groups in total. The topological polar surface area (TPSA) is 78.9 Å². The zero-order valence-electron chi connectivity index (χ0n) is 49.6. The molecule has 0 amide bonds. The third-order valence-corrected chi connectivity index (χ3v) is 15.6. The number of ether oxygens (including phenoxy) is 3. The first kappa shape index (κ1) is 70.4. The highest BCUT2D eigenvalue weighted by atomic mass is 16.6. The van der Waals surface area contributed by atoms with Crippen molar-refractivity contribution in [2.45, 2.75) is 381 Å². The first-order valence-electron chi connectivity index (χ1n) is 32.8. The highest BCUT2D eigenvalue weighted by molar-refractivity contribution is 5.71. The van der Waals surface area contributed by atoms with Crippen LogP contribution in [0.5, 0.6) is 0 Å². The number of hydrogen-bond acceptors (Lipinski definition) is 6. The summed E-state index contributed by atoms with van der Waals surface area (Å²) in [6.45, 7) is 11.5. The third kappa shape index (κ3) is 57.7. The molecule has 0 rings (SSSR count). The molecule has 0 spiro atoms. The number of rotatable bonds is 60. The summed E-state index contributed by atoms with van der Waals surface area (Å²) in [6.07, 6.45) is 65.2. The van der Waals surface area contributed by atoms with E-state index in [1.165, 1.54) is 263 Å². The van der Waals surface area contributed by atoms with Crippen molar-refractivity contribution in [2.24, 2.45) is 11.8 Å². The summed E-state index contributed by atoms with van der Waals surface area (Å²) in [7, 11) is 0. The molecule has 428 valence electrons. The molecule has 2 atom stereocenters. The van der Waals surface area contributed by atoms with Crippen molar-refractivity contribution < 1.29 is 28.6 Å². The lowest BCUT2D eigenvalue weighted by molar-refractivity contribution is -0.167. The summed E-state index contributed by atoms with van der Waals surface area (Å²) in [4.78, 5) is 38.4. The lowest BCUT2D eigenvalue weighted by Crippen LogP contribution is -2.30. The van der Waals surface area contributed by atoms with Crippen LogP contribution in [-0.4, -0.2) is 37.2 Å². The van der Waals surface area contributed by atoms with Gasteiger partial charge in [-0.1, -0.05) is 336 Å². The maximum atomic E-state index is 12.9. The molecule has 0 radical (unpaired) electrons. The van der Waals surface area contributed by atoms with Gasteiger partial charge < -0.3 is 14.2 Å². The lowest BCUT2D eigenvalue weighted by atomic mass is 9.99. The van der Waals surface area contributed by atoms with Crippen molar-refractivity contribution in [3.63, 3.8) is 0 Å². The van der Waals surface area contributed by atoms with Gasteiger partial charge in [-0.05, 0) is 31.1 Å². The average molecular weight is 1020 g/mol. The summed E-state index contributed by atoms with van der Waals surface area (Å²) in [5.74, 6) is 0.919. The van der Waals surface area contributed by atoms with Crippen LogP contribution in [0.2, 0.25) is 0 Å². The van der Waals surface area contributed by atoms with Crippen LogP contribution in [0.1, 0.15) is 375 Å². The Hall–Kier alpha value is -1.59. The summed E-state index contributed by atoms with van der Waals surface area (Å²) >= 11 is 0. The van der Waals surface area contributed by atoms with Gasteiger partial charge in [0.2, 0.25) is 0 Å². The maximum Gasteiger partial charge on any atom is 0.306 e. The predicted octanol–water partition coefficient (Wildman–Crippen LogP) is 22.0. The molecule has 0 saturated heterocycles. The van der Waals surface area contributed by atoms with Crippen LogP contribution in [0.25, 0.3) is 0 Å². The molecule has 6 heteroatoms. The molecular weight excluding hydrogens is 889 g/mol. The van der Waals surface area contributed by atoms with Crippen LogP contribution in [0, 0.1) is 11.8 Å². The first-order chi connectivity index (χ1) is 35.3. The van der Waals surface area contributed by atoms with Gasteiger partial charge in [0.05, 0.1) is 0 Å². The van der Waals surface area contributed by atoms with Crippen molar-refractivity contribution in [2.75, 3.05) is 13.2 Å². The van der Waals surface area contributed by atoms with Gasteiger partial charge in [0.15, 0.2) is 6.10 Å². The molecule has 0 aliphatic rings. The Bertz CT molecular complexity index is 1110. The van der Waals surface area contributed by atoms with E-state index in [1.807, 2.05) is 0 Å². The van der Waals surface area contributed by atoms with E-state index in [9.17, 15) is 14.4 Å². The fourth-order valence-electron chi connectivity index (χ4n) is 10.3. The van der Waals surface area contributed by atoms with E-state index in [-0.39, 0.29) is 31.1 Å². The largest absolute Gasteiger partial charge is 0.462 e. The summed E-state index contributed by atoms with van der Waals surface area (Å²) in [6, 6.07) is 0. The van der Waals surface area contributed by atoms with Crippen LogP contribution >= 0.6 is 0 Å². The van der Waals surface area contributed by atoms with Crippen LogP contribution in [-0.2, 0) is 28.6 Å². The predicted molar refractivity (Wildman–Crippen MR) is 312 cm³/mol. The Balaban J connectivity index is 4.29. The molecule has 0 aliphatic carbocycles. The van der Waals surface area contributed by atoms with E-state index in [0.29, 0.717) is 19.3 Å². The van der Waals surface area contributed by atoms with E-state index in [4.69, 9.17) is 14.2 Å². The van der Waals surface area contributed by atoms with Gasteiger partial charge in [-0.15, -0.1) is 0 Å². The monoisotopic (exact) mass is 1020 g/mol. The number of unbranched alkanes of at least 4 members (excludes halogenated alkanes) is 44. The van der Waals surface area contributed by atoms with E-state index in [2.05, 4.69) is 34.6 Å². The number of carbonyl (C=O) groups excluding carboxylic acids is 3. The fourth-order valence-corrected chi connectivity index (χ4v) is 10.3. The van der Waals surface area contributed by atoms with E-state index >= 15 is 0 Å². The number of hydrogen-bond donors (Lipinski definition) is 0. The molecule has 0 bridgehead atoms. The molecule has 0 aromatic carbocycles. The second kappa shape index (κ2) is 58.7. The highest BCUT2D eigenvalue weighted by Crippen LogP contribution is 2.19. The minimum absolute atomic E-state index is 0.0616. The van der Waals surface area contributed by atoms with Crippen LogP contribution < -0.4 is 0 Å². The summed E-state index contributed by atoms with van der Waals surface area (Å²) in [5, 5.41) is 0. The molecule has 72 heavy (non-hydrogen) atoms. The Labute approximate surface area is 450 Å². The normalized spacial score (nSPS) is 12.4. The molecule has 0 aromatic rings. The molecular formula is C66H128O6. The van der Waals surface area contributed by atoms with Crippen LogP contribution in [0.3, 0.4) is 0 Å². The quantitative estimate of drug-likeness (QED) is 0.0343. The summed E-state index contributed by atoms with van der Waals surface area (Å²) < 4.78 is 17.0. The summed E-state index contributed by atoms with van der Waals surface area (Å²) in [5.41, 5.74) is 0. The molecule has 1 unspecified atom stereocenters. The SMILES string of the molecule is CCCCCCCCCCCCCCCCCCCC(=O)OC[C@@H](COC(=O)CCCCCCCCCCCCCCCCC(C)CC)OC(=O)CCCCCCCCCCCCCCCCCCC(C)C. The van der Waals surface area contributed by atoms with Crippen molar-refractivity contribution in [3.8, 4) is 0 Å². The second-order valence-electron chi connectivity index (χ2n) is 23.5. The van der Waals surface area contributed by atoms with E-state index in [0.717, 1.165) is 69.6 Å². The van der Waals surface area contributed by atoms with Crippen molar-refractivity contribution in [1.82, 2.24) is 0 Å². The van der Waals surface area contributed by atoms with E-state index < -0.39 is 6.10 Å². The van der Waals surface area contributed by atoms with Gasteiger partial charge in [0.1, 0.15) is 13.2 Å². The third-order valence-electron chi connectivity index (χ3n) is 15.6. The molecule has 0 heterocycles. The van der Waals surface area contributed by atoms with Crippen molar-refractivity contribution in [3.05, 3.63) is 0 Å². The zero-order chi connectivity index (χ0) is 52.5. The van der Waals surface area contributed by atoms with Crippen molar-refractivity contribution >= 4 is 17.9 Å². The van der Waals surface area contributed by atoms with Gasteiger partial charge in [-0.2, -0.15) is 0 Å². The van der Waals surface area contributed by atoms with Gasteiger partial charge in [-0.3, -0.25) is 14.4 Å². The minimum atomic E-state index is -0.764. The lowest BCUT2D eigenvalue weighted by Gasteiger charge is -2.18. The standard InChI is InChI=1S/C66H128O6/c1-6-8-9-10-11-12-13-14-15-16-20-26-31-36-41-46-51-56-64(67)70-59-63(60-71-65(68)57-52-47-42-37-32-27-23-22-25-30-35-40-45-50-55-62(5)7-2)72-66(69)58-53-48-43-38-33-28-21-18-17-19-24-29-34-39-44-49-54-61(3)4/h61-63H,6-60H2,1-5H3/t62?,63-/m0/s1. The first-order valence-corrected chi connectivity index (χ1v) is 32.8. The smallest absolute Gasteiger partial charge is 0.306 e. The molecule has 0 aliphatic heterocycles. The van der Waals surface area contributed by atoms with Gasteiger partial charge >= 0.3 is 17.9 Å². The fraction of sp³-hybridized carbons (Fsp3) is 0.955. The van der Waals surface area contributed by atoms with Gasteiger partial charge in [0, 0.05) is 19.3 Å². The maximum absolute atomic E-state index is 12.9. The molecule has 0 saturated carbocycles. The number of carbonyl (C=O) groups is 3. The minimum Gasteiger partial charge on any atom is -0.462 e. The Morgan fingerprint density at radius 2 is 0.528 bits per heavy atom. The average Bonchev–Trinajstić information content (AvgIpc) is 3.37. The molecule has 0 fully saturated rings. The Morgan fingerprint density at radius 1 is 0.292 bits per heavy atom. The molecule has 0 aromatic heterocycles. The Kier molecular flexibility index (Phi) is 57.4. The Morgan fingerprint density at radius 3 is 0.792 bits per heavy atom. The highest BCUT2D eigenvalue weighted by Gasteiger charge is 2.19.